The van der Waals surface area contributed by atoms with Crippen molar-refractivity contribution in [3.8, 4) is 0 Å². The van der Waals surface area contributed by atoms with Gasteiger partial charge in [0.25, 0.3) is 10.0 Å². The fourth-order valence-corrected chi connectivity index (χ4v) is 1.81. The van der Waals surface area contributed by atoms with Gasteiger partial charge in [-0.05, 0) is 30.7 Å². The average molecular weight is 305 g/mol. The van der Waals surface area contributed by atoms with E-state index in [1.165, 1.54) is 6.08 Å². The predicted molar refractivity (Wildman–Crippen MR) is 72.7 cm³/mol. The van der Waals surface area contributed by atoms with Crippen LogP contribution in [-0.4, -0.2) is 21.1 Å². The summed E-state index contributed by atoms with van der Waals surface area (Å²) in [6, 6.07) is 6.59. The van der Waals surface area contributed by atoms with Gasteiger partial charge in [0.1, 0.15) is 0 Å². The summed E-state index contributed by atoms with van der Waals surface area (Å²) in [6.07, 6.45) is 0.497. The molecule has 1 rings (SSSR count). The summed E-state index contributed by atoms with van der Waals surface area (Å²) in [5.74, 6) is 0. The molecule has 0 radical (unpaired) electrons. The topological polar surface area (TPSA) is 84.5 Å². The van der Waals surface area contributed by atoms with Crippen molar-refractivity contribution in [2.75, 3.05) is 6.61 Å². The summed E-state index contributed by atoms with van der Waals surface area (Å²) in [7, 11) is -3.78. The molecule has 6 nitrogen and oxygen atoms in total. The van der Waals surface area contributed by atoms with E-state index < -0.39 is 16.1 Å². The van der Waals surface area contributed by atoms with Crippen LogP contribution < -0.4 is 10.3 Å². The highest BCUT2D eigenvalue weighted by atomic mass is 35.5. The van der Waals surface area contributed by atoms with E-state index >= 15 is 0 Å². The Hall–Kier alpha value is -1.57. The van der Waals surface area contributed by atoms with E-state index in [1.54, 1.807) is 31.2 Å². The molecule has 0 atom stereocenters. The summed E-state index contributed by atoms with van der Waals surface area (Å²) in [4.78, 5) is 12.8. The van der Waals surface area contributed by atoms with Crippen molar-refractivity contribution >= 4 is 33.8 Å². The first-order chi connectivity index (χ1) is 8.93. The minimum absolute atomic E-state index is 0.147. The number of hydrazine groups is 1. The number of ether oxygens (including phenoxy) is 1. The van der Waals surface area contributed by atoms with Crippen LogP contribution in [0.25, 0.3) is 6.08 Å². The highest BCUT2D eigenvalue weighted by Gasteiger charge is 2.07. The molecule has 8 heteroatoms. The molecule has 1 aromatic rings. The smallest absolute Gasteiger partial charge is 0.422 e. The first-order valence-corrected chi connectivity index (χ1v) is 7.23. The van der Waals surface area contributed by atoms with E-state index in [2.05, 4.69) is 4.74 Å². The summed E-state index contributed by atoms with van der Waals surface area (Å²) < 4.78 is 27.5. The number of benzene rings is 1. The van der Waals surface area contributed by atoms with Crippen molar-refractivity contribution in [3.05, 3.63) is 40.3 Å². The fraction of sp³-hybridized carbons (Fsp3) is 0.182. The number of carbonyl (C=O) groups excluding carboxylic acids is 1. The minimum atomic E-state index is -3.78. The molecule has 104 valence electrons. The van der Waals surface area contributed by atoms with Gasteiger partial charge in [-0.3, -0.25) is 0 Å². The maximum absolute atomic E-state index is 11.5. The molecular formula is C11H13ClN2O4S. The second kappa shape index (κ2) is 7.13. The molecule has 0 aliphatic carbocycles. The molecular weight excluding hydrogens is 292 g/mol. The highest BCUT2D eigenvalue weighted by molar-refractivity contribution is 7.92. The van der Waals surface area contributed by atoms with Crippen LogP contribution in [0.1, 0.15) is 12.5 Å². The zero-order chi connectivity index (χ0) is 14.3. The Balaban J connectivity index is 2.59. The second-order valence-electron chi connectivity index (χ2n) is 3.35. The van der Waals surface area contributed by atoms with E-state index in [4.69, 9.17) is 11.6 Å². The lowest BCUT2D eigenvalue weighted by Gasteiger charge is -2.04. The van der Waals surface area contributed by atoms with Gasteiger partial charge in [-0.15, -0.1) is 4.83 Å². The Labute approximate surface area is 116 Å². The molecule has 0 heterocycles. The van der Waals surface area contributed by atoms with E-state index in [1.807, 2.05) is 10.3 Å². The van der Waals surface area contributed by atoms with E-state index in [0.717, 1.165) is 5.41 Å². The van der Waals surface area contributed by atoms with Crippen molar-refractivity contribution < 1.29 is 17.9 Å². The first-order valence-electron chi connectivity index (χ1n) is 5.31. The number of halogens is 1. The summed E-state index contributed by atoms with van der Waals surface area (Å²) in [5.41, 5.74) is 2.56. The molecule has 1 amide bonds. The number of rotatable bonds is 5. The van der Waals surface area contributed by atoms with Gasteiger partial charge in [0, 0.05) is 10.4 Å². The van der Waals surface area contributed by atoms with Gasteiger partial charge in [0.2, 0.25) is 0 Å². The number of hydrogen-bond donors (Lipinski definition) is 2. The molecule has 0 fully saturated rings. The third-order valence-corrected chi connectivity index (χ3v) is 3.01. The number of hydrogen-bond acceptors (Lipinski definition) is 4. The summed E-state index contributed by atoms with van der Waals surface area (Å²) >= 11 is 5.70. The van der Waals surface area contributed by atoms with Crippen LogP contribution >= 0.6 is 11.6 Å². The van der Waals surface area contributed by atoms with Crippen LogP contribution in [0.15, 0.2) is 29.7 Å². The van der Waals surface area contributed by atoms with Gasteiger partial charge in [0.15, 0.2) is 0 Å². The summed E-state index contributed by atoms with van der Waals surface area (Å²) in [6.45, 7) is 1.75. The Kier molecular flexibility index (Phi) is 5.81. The van der Waals surface area contributed by atoms with Crippen LogP contribution in [0.5, 0.6) is 0 Å². The maximum atomic E-state index is 11.5. The van der Waals surface area contributed by atoms with Crippen LogP contribution in [0.4, 0.5) is 4.79 Å². The molecule has 19 heavy (non-hydrogen) atoms. The standard InChI is InChI=1S/C11H13ClN2O4S/c1-2-18-11(15)13-14-19(16,17)8-7-9-3-5-10(12)6-4-9/h3-8,14H,2H2,1H3,(H,13,15)/b8-7+. The van der Waals surface area contributed by atoms with Crippen LogP contribution in [0.3, 0.4) is 0 Å². The van der Waals surface area contributed by atoms with Crippen molar-refractivity contribution in [3.63, 3.8) is 0 Å². The van der Waals surface area contributed by atoms with Crippen molar-refractivity contribution in [2.24, 2.45) is 0 Å². The molecule has 0 aliphatic rings. The van der Waals surface area contributed by atoms with Gasteiger partial charge in [-0.25, -0.2) is 18.6 Å². The highest BCUT2D eigenvalue weighted by Crippen LogP contribution is 2.10. The van der Waals surface area contributed by atoms with Crippen molar-refractivity contribution in [1.29, 1.82) is 0 Å². The van der Waals surface area contributed by atoms with Crippen LogP contribution in [0.2, 0.25) is 5.02 Å². The largest absolute Gasteiger partial charge is 0.449 e. The molecule has 0 bridgehead atoms. The quantitative estimate of drug-likeness (QED) is 0.814. The zero-order valence-corrected chi connectivity index (χ0v) is 11.7. The zero-order valence-electron chi connectivity index (χ0n) is 10.1. The van der Waals surface area contributed by atoms with Crippen molar-refractivity contribution in [1.82, 2.24) is 10.3 Å². The molecule has 2 N–H and O–H groups in total. The first kappa shape index (κ1) is 15.5. The van der Waals surface area contributed by atoms with Gasteiger partial charge in [-0.2, -0.15) is 0 Å². The normalized spacial score (nSPS) is 11.5. The predicted octanol–water partition coefficient (Wildman–Crippen LogP) is 1.89. The van der Waals surface area contributed by atoms with Crippen LogP contribution in [0, 0.1) is 0 Å². The van der Waals surface area contributed by atoms with E-state index in [-0.39, 0.29) is 6.61 Å². The third kappa shape index (κ3) is 6.23. The summed E-state index contributed by atoms with van der Waals surface area (Å²) in [5, 5.41) is 1.48. The van der Waals surface area contributed by atoms with E-state index in [0.29, 0.717) is 10.6 Å². The minimum Gasteiger partial charge on any atom is -0.449 e. The Morgan fingerprint density at radius 3 is 2.58 bits per heavy atom. The van der Waals surface area contributed by atoms with Gasteiger partial charge < -0.3 is 4.74 Å². The van der Waals surface area contributed by atoms with E-state index in [9.17, 15) is 13.2 Å². The Morgan fingerprint density at radius 1 is 1.37 bits per heavy atom. The van der Waals surface area contributed by atoms with Gasteiger partial charge >= 0.3 is 6.09 Å². The molecule has 0 unspecified atom stereocenters. The van der Waals surface area contributed by atoms with Crippen LogP contribution in [-0.2, 0) is 14.8 Å². The maximum Gasteiger partial charge on any atom is 0.422 e. The van der Waals surface area contributed by atoms with Gasteiger partial charge in [-0.1, -0.05) is 23.7 Å². The molecule has 1 aromatic carbocycles. The molecule has 0 saturated carbocycles. The second-order valence-corrected chi connectivity index (χ2v) is 5.35. The lowest BCUT2D eigenvalue weighted by molar-refractivity contribution is 0.150. The lowest BCUT2D eigenvalue weighted by atomic mass is 10.2. The van der Waals surface area contributed by atoms with Crippen molar-refractivity contribution in [2.45, 2.75) is 6.92 Å². The molecule has 0 aromatic heterocycles. The average Bonchev–Trinajstić information content (AvgIpc) is 2.36. The Morgan fingerprint density at radius 2 is 2.00 bits per heavy atom. The lowest BCUT2D eigenvalue weighted by Crippen LogP contribution is -2.40. The number of amides is 1. The number of nitrogens with one attached hydrogen (secondary N) is 2. The molecule has 0 aliphatic heterocycles. The molecule has 0 saturated heterocycles. The Bertz CT molecular complexity index is 555. The SMILES string of the molecule is CCOC(=O)NNS(=O)(=O)/C=C/c1ccc(Cl)cc1. The number of sulfonamides is 1. The fourth-order valence-electron chi connectivity index (χ4n) is 1.06. The monoisotopic (exact) mass is 304 g/mol. The third-order valence-electron chi connectivity index (χ3n) is 1.88. The number of carbonyl (C=O) groups is 1. The molecule has 0 spiro atoms. The van der Waals surface area contributed by atoms with Gasteiger partial charge in [0.05, 0.1) is 6.61 Å².